The quantitative estimate of drug-likeness (QED) is 0.739. The summed E-state index contributed by atoms with van der Waals surface area (Å²) in [4.78, 5) is 19.4. The highest BCUT2D eigenvalue weighted by atomic mass is 32.1. The van der Waals surface area contributed by atoms with Crippen LogP contribution in [0.15, 0.2) is 42.0 Å². The molecule has 3 aromatic rings. The Kier molecular flexibility index (Phi) is 4.47. The zero-order chi connectivity index (χ0) is 17.1. The van der Waals surface area contributed by atoms with Gasteiger partial charge < -0.3 is 10.2 Å². The predicted octanol–water partition coefficient (Wildman–Crippen LogP) is 3.06. The van der Waals surface area contributed by atoms with Gasteiger partial charge in [0, 0.05) is 35.8 Å². The van der Waals surface area contributed by atoms with E-state index in [0.717, 1.165) is 35.0 Å². The topological polar surface area (TPSA) is 73.9 Å². The largest absolute Gasteiger partial charge is 0.348 e. The van der Waals surface area contributed by atoms with E-state index in [9.17, 15) is 4.79 Å². The van der Waals surface area contributed by atoms with E-state index in [4.69, 9.17) is 0 Å². The number of benzene rings is 1. The molecule has 3 heterocycles. The van der Waals surface area contributed by atoms with Crippen molar-refractivity contribution in [3.05, 3.63) is 53.3 Å². The van der Waals surface area contributed by atoms with Crippen molar-refractivity contribution >= 4 is 22.4 Å². The molecule has 0 aliphatic carbocycles. The Morgan fingerprint density at radius 3 is 2.96 bits per heavy atom. The SMILES string of the molecule is O=C(NCc1csc(N2CCCC2)n1)c1cccc(-c2cn[nH]c2)c1. The molecule has 128 valence electrons. The molecule has 6 nitrogen and oxygen atoms in total. The van der Waals surface area contributed by atoms with Gasteiger partial charge in [-0.1, -0.05) is 12.1 Å². The second kappa shape index (κ2) is 7.06. The highest BCUT2D eigenvalue weighted by Gasteiger charge is 2.16. The van der Waals surface area contributed by atoms with Crippen LogP contribution >= 0.6 is 11.3 Å². The lowest BCUT2D eigenvalue weighted by Crippen LogP contribution is -2.23. The van der Waals surface area contributed by atoms with E-state index < -0.39 is 0 Å². The molecule has 1 aliphatic rings. The molecule has 2 aromatic heterocycles. The summed E-state index contributed by atoms with van der Waals surface area (Å²) in [6.45, 7) is 2.61. The average Bonchev–Trinajstić information content (AvgIpc) is 3.42. The van der Waals surface area contributed by atoms with Gasteiger partial charge in [0.1, 0.15) is 0 Å². The van der Waals surface area contributed by atoms with Crippen LogP contribution in [0, 0.1) is 0 Å². The molecule has 1 amide bonds. The van der Waals surface area contributed by atoms with Crippen LogP contribution in [0.5, 0.6) is 0 Å². The molecule has 4 rings (SSSR count). The molecule has 25 heavy (non-hydrogen) atoms. The average molecular weight is 353 g/mol. The summed E-state index contributed by atoms with van der Waals surface area (Å²) in [6.07, 6.45) is 6.02. The van der Waals surface area contributed by atoms with Crippen molar-refractivity contribution in [1.29, 1.82) is 0 Å². The molecule has 1 aliphatic heterocycles. The number of aromatic amines is 1. The lowest BCUT2D eigenvalue weighted by Gasteiger charge is -2.12. The third kappa shape index (κ3) is 3.56. The van der Waals surface area contributed by atoms with Crippen LogP contribution in [0.1, 0.15) is 28.9 Å². The lowest BCUT2D eigenvalue weighted by atomic mass is 10.1. The van der Waals surface area contributed by atoms with Crippen LogP contribution in [0.25, 0.3) is 11.1 Å². The Hall–Kier alpha value is -2.67. The molecule has 0 unspecified atom stereocenters. The van der Waals surface area contributed by atoms with E-state index in [1.807, 2.05) is 35.8 Å². The molecule has 1 fully saturated rings. The number of nitrogens with zero attached hydrogens (tertiary/aromatic N) is 3. The second-order valence-corrected chi connectivity index (χ2v) is 6.90. The summed E-state index contributed by atoms with van der Waals surface area (Å²) >= 11 is 1.65. The second-order valence-electron chi connectivity index (χ2n) is 6.07. The molecule has 0 atom stereocenters. The summed E-state index contributed by atoms with van der Waals surface area (Å²) in [5, 5.41) is 12.8. The Bertz CT molecular complexity index is 852. The fraction of sp³-hybridized carbons (Fsp3) is 0.278. The normalized spacial score (nSPS) is 14.0. The van der Waals surface area contributed by atoms with Gasteiger partial charge in [0.25, 0.3) is 5.91 Å². The highest BCUT2D eigenvalue weighted by molar-refractivity contribution is 7.13. The van der Waals surface area contributed by atoms with Gasteiger partial charge in [-0.15, -0.1) is 11.3 Å². The maximum absolute atomic E-state index is 12.4. The third-order valence-electron chi connectivity index (χ3n) is 4.30. The van der Waals surface area contributed by atoms with E-state index in [1.165, 1.54) is 12.8 Å². The monoisotopic (exact) mass is 353 g/mol. The van der Waals surface area contributed by atoms with Gasteiger partial charge in [-0.2, -0.15) is 5.10 Å². The summed E-state index contributed by atoms with van der Waals surface area (Å²) in [7, 11) is 0. The number of anilines is 1. The zero-order valence-electron chi connectivity index (χ0n) is 13.7. The number of hydrogen-bond acceptors (Lipinski definition) is 5. The van der Waals surface area contributed by atoms with Crippen LogP contribution in [-0.2, 0) is 6.54 Å². The minimum atomic E-state index is -0.0962. The van der Waals surface area contributed by atoms with Crippen LogP contribution in [0.3, 0.4) is 0 Å². The van der Waals surface area contributed by atoms with E-state index >= 15 is 0 Å². The lowest BCUT2D eigenvalue weighted by molar-refractivity contribution is 0.0950. The number of rotatable bonds is 5. The minimum Gasteiger partial charge on any atom is -0.348 e. The van der Waals surface area contributed by atoms with Crippen molar-refractivity contribution in [2.45, 2.75) is 19.4 Å². The molecular formula is C18H19N5OS. The van der Waals surface area contributed by atoms with Crippen molar-refractivity contribution in [2.24, 2.45) is 0 Å². The molecule has 2 N–H and O–H groups in total. The van der Waals surface area contributed by atoms with Crippen molar-refractivity contribution in [2.75, 3.05) is 18.0 Å². The van der Waals surface area contributed by atoms with E-state index in [1.54, 1.807) is 17.5 Å². The van der Waals surface area contributed by atoms with Crippen LogP contribution in [-0.4, -0.2) is 34.2 Å². The van der Waals surface area contributed by atoms with Gasteiger partial charge >= 0.3 is 0 Å². The number of carbonyl (C=O) groups is 1. The van der Waals surface area contributed by atoms with Gasteiger partial charge in [-0.3, -0.25) is 9.89 Å². The molecule has 7 heteroatoms. The number of hydrogen-bond donors (Lipinski definition) is 2. The summed E-state index contributed by atoms with van der Waals surface area (Å²) in [5.41, 5.74) is 3.47. The highest BCUT2D eigenvalue weighted by Crippen LogP contribution is 2.24. The van der Waals surface area contributed by atoms with Gasteiger partial charge in [0.15, 0.2) is 5.13 Å². The Morgan fingerprint density at radius 1 is 1.28 bits per heavy atom. The van der Waals surface area contributed by atoms with Gasteiger partial charge in [0.2, 0.25) is 0 Å². The van der Waals surface area contributed by atoms with Crippen molar-refractivity contribution in [3.8, 4) is 11.1 Å². The number of carbonyl (C=O) groups excluding carboxylic acids is 1. The Balaban J connectivity index is 1.40. The summed E-state index contributed by atoms with van der Waals surface area (Å²) in [5.74, 6) is -0.0962. The van der Waals surface area contributed by atoms with Crippen LogP contribution in [0.2, 0.25) is 0 Å². The van der Waals surface area contributed by atoms with Gasteiger partial charge in [0.05, 0.1) is 18.4 Å². The first-order chi connectivity index (χ1) is 12.3. The smallest absolute Gasteiger partial charge is 0.251 e. The van der Waals surface area contributed by atoms with Gasteiger partial charge in [-0.25, -0.2) is 4.98 Å². The zero-order valence-corrected chi connectivity index (χ0v) is 14.6. The predicted molar refractivity (Wildman–Crippen MR) is 98.8 cm³/mol. The molecule has 0 saturated carbocycles. The first-order valence-electron chi connectivity index (χ1n) is 8.36. The molecule has 1 saturated heterocycles. The molecule has 0 bridgehead atoms. The van der Waals surface area contributed by atoms with E-state index in [-0.39, 0.29) is 5.91 Å². The number of aromatic nitrogens is 3. The standard InChI is InChI=1S/C18H19N5OS/c24-17(14-5-3-4-13(8-14)15-9-20-21-10-15)19-11-16-12-25-18(22-16)23-6-1-2-7-23/h3-5,8-10,12H,1-2,6-7,11H2,(H,19,24)(H,20,21). The van der Waals surface area contributed by atoms with Crippen molar-refractivity contribution < 1.29 is 4.79 Å². The molecule has 1 aromatic carbocycles. The minimum absolute atomic E-state index is 0.0962. The maximum Gasteiger partial charge on any atom is 0.251 e. The van der Waals surface area contributed by atoms with E-state index in [0.29, 0.717) is 12.1 Å². The van der Waals surface area contributed by atoms with Crippen LogP contribution < -0.4 is 10.2 Å². The van der Waals surface area contributed by atoms with Crippen molar-refractivity contribution in [1.82, 2.24) is 20.5 Å². The third-order valence-corrected chi connectivity index (χ3v) is 5.25. The Morgan fingerprint density at radius 2 is 2.16 bits per heavy atom. The fourth-order valence-corrected chi connectivity index (χ4v) is 3.83. The van der Waals surface area contributed by atoms with Crippen molar-refractivity contribution in [3.63, 3.8) is 0 Å². The number of nitrogens with one attached hydrogen (secondary N) is 2. The summed E-state index contributed by atoms with van der Waals surface area (Å²) < 4.78 is 0. The Labute approximate surface area is 149 Å². The summed E-state index contributed by atoms with van der Waals surface area (Å²) in [6, 6.07) is 7.53. The molecule has 0 spiro atoms. The number of H-pyrrole nitrogens is 1. The van der Waals surface area contributed by atoms with E-state index in [2.05, 4.69) is 25.4 Å². The fourth-order valence-electron chi connectivity index (χ4n) is 2.95. The number of thiazole rings is 1. The first-order valence-corrected chi connectivity index (χ1v) is 9.24. The van der Waals surface area contributed by atoms with Gasteiger partial charge in [-0.05, 0) is 30.5 Å². The maximum atomic E-state index is 12.4. The molecular weight excluding hydrogens is 334 g/mol. The first kappa shape index (κ1) is 15.8. The number of amides is 1. The van der Waals surface area contributed by atoms with Crippen LogP contribution in [0.4, 0.5) is 5.13 Å². The molecule has 0 radical (unpaired) electrons.